The van der Waals surface area contributed by atoms with Crippen LogP contribution in [0.1, 0.15) is 71.1 Å². The average Bonchev–Trinajstić information content (AvgIpc) is 3.56. The third-order valence-corrected chi connectivity index (χ3v) is 9.55. The lowest BCUT2D eigenvalue weighted by atomic mass is 9.62. The zero-order valence-corrected chi connectivity index (χ0v) is 19.7. The van der Waals surface area contributed by atoms with Gasteiger partial charge in [0.15, 0.2) is 0 Å². The van der Waals surface area contributed by atoms with E-state index in [9.17, 15) is 14.7 Å². The second-order valence-corrected chi connectivity index (χ2v) is 11.6. The first-order valence-corrected chi connectivity index (χ1v) is 13.2. The molecule has 7 heteroatoms. The number of hydrogen-bond acceptors (Lipinski definition) is 5. The van der Waals surface area contributed by atoms with Crippen molar-refractivity contribution in [1.82, 2.24) is 15.1 Å². The molecule has 0 bridgehead atoms. The fraction of sp³-hybridized carbons (Fsp3) is 0.920. The van der Waals surface area contributed by atoms with E-state index in [1.807, 2.05) is 4.90 Å². The predicted molar refractivity (Wildman–Crippen MR) is 122 cm³/mol. The molecule has 2 heterocycles. The summed E-state index contributed by atoms with van der Waals surface area (Å²) in [5.74, 6) is 3.46. The van der Waals surface area contributed by atoms with Crippen molar-refractivity contribution >= 4 is 11.8 Å². The number of aliphatic hydroxyl groups is 1. The van der Waals surface area contributed by atoms with Crippen molar-refractivity contribution in [3.8, 4) is 0 Å². The van der Waals surface area contributed by atoms with E-state index < -0.39 is 5.60 Å². The Bertz CT molecular complexity index is 710. The summed E-state index contributed by atoms with van der Waals surface area (Å²) in [7, 11) is 0. The molecular formula is C25H42N4O3. The summed E-state index contributed by atoms with van der Waals surface area (Å²) < 4.78 is 0. The largest absolute Gasteiger partial charge is 0.380 e. The molecule has 5 unspecified atom stereocenters. The number of hydrogen-bond donors (Lipinski definition) is 3. The van der Waals surface area contributed by atoms with Gasteiger partial charge in [0.05, 0.1) is 6.17 Å². The minimum atomic E-state index is -1.10. The summed E-state index contributed by atoms with van der Waals surface area (Å²) >= 11 is 0. The molecule has 2 aliphatic heterocycles. The topological polar surface area (TPSA) is 98.9 Å². The second-order valence-electron chi connectivity index (χ2n) is 11.6. The molecule has 5 atom stereocenters. The summed E-state index contributed by atoms with van der Waals surface area (Å²) in [5, 5.41) is 13.6. The molecule has 180 valence electrons. The van der Waals surface area contributed by atoms with Crippen LogP contribution in [0.15, 0.2) is 0 Å². The van der Waals surface area contributed by atoms with Crippen molar-refractivity contribution < 1.29 is 14.7 Å². The Morgan fingerprint density at radius 1 is 0.875 bits per heavy atom. The SMILES string of the molecule is CC1NC(N)CC2CC(C3CCC(C(=O)N4CCN(C(=O)C5(O)CC5)CC4)CC3)CCC21. The van der Waals surface area contributed by atoms with Crippen LogP contribution in [-0.4, -0.2) is 70.7 Å². The smallest absolute Gasteiger partial charge is 0.254 e. The van der Waals surface area contributed by atoms with Crippen molar-refractivity contribution in [2.24, 2.45) is 35.3 Å². The number of nitrogens with one attached hydrogen (secondary N) is 1. The number of amides is 2. The third kappa shape index (κ3) is 4.45. The number of piperidine rings is 1. The Morgan fingerprint density at radius 3 is 2.16 bits per heavy atom. The van der Waals surface area contributed by atoms with Gasteiger partial charge in [-0.15, -0.1) is 0 Å². The summed E-state index contributed by atoms with van der Waals surface area (Å²) in [6.07, 6.45) is 10.8. The van der Waals surface area contributed by atoms with Crippen LogP contribution in [0.5, 0.6) is 0 Å². The number of carbonyl (C=O) groups excluding carboxylic acids is 2. The van der Waals surface area contributed by atoms with E-state index in [0.29, 0.717) is 51.0 Å². The van der Waals surface area contributed by atoms with Gasteiger partial charge in [-0.1, -0.05) is 0 Å². The number of carbonyl (C=O) groups is 2. The highest BCUT2D eigenvalue weighted by Gasteiger charge is 2.50. The van der Waals surface area contributed by atoms with Crippen LogP contribution in [0.3, 0.4) is 0 Å². The van der Waals surface area contributed by atoms with Crippen LogP contribution in [0.4, 0.5) is 0 Å². The van der Waals surface area contributed by atoms with E-state index in [0.717, 1.165) is 42.9 Å². The Kier molecular flexibility index (Phi) is 6.27. The molecule has 2 saturated heterocycles. The van der Waals surface area contributed by atoms with Crippen LogP contribution >= 0.6 is 0 Å². The molecule has 3 aliphatic carbocycles. The molecule has 7 nitrogen and oxygen atoms in total. The first-order valence-electron chi connectivity index (χ1n) is 13.2. The molecule has 5 aliphatic rings. The Morgan fingerprint density at radius 2 is 1.50 bits per heavy atom. The van der Waals surface area contributed by atoms with Crippen molar-refractivity contribution in [1.29, 1.82) is 0 Å². The maximum Gasteiger partial charge on any atom is 0.254 e. The minimum absolute atomic E-state index is 0.135. The van der Waals surface area contributed by atoms with Crippen LogP contribution in [0.2, 0.25) is 0 Å². The van der Waals surface area contributed by atoms with Gasteiger partial charge in [-0.05, 0) is 94.8 Å². The molecule has 32 heavy (non-hydrogen) atoms. The maximum absolute atomic E-state index is 13.1. The van der Waals surface area contributed by atoms with Crippen molar-refractivity contribution in [3.05, 3.63) is 0 Å². The van der Waals surface area contributed by atoms with Crippen molar-refractivity contribution in [3.63, 3.8) is 0 Å². The monoisotopic (exact) mass is 446 g/mol. The molecule has 5 fully saturated rings. The van der Waals surface area contributed by atoms with E-state index in [1.165, 1.54) is 32.1 Å². The number of piperazine rings is 1. The number of rotatable bonds is 3. The number of nitrogens with two attached hydrogens (primary N) is 1. The Labute approximate surface area is 192 Å². The zero-order chi connectivity index (χ0) is 22.5. The molecule has 4 N–H and O–H groups in total. The van der Waals surface area contributed by atoms with E-state index in [1.54, 1.807) is 4.90 Å². The highest BCUT2D eigenvalue weighted by atomic mass is 16.3. The molecule has 0 spiro atoms. The van der Waals surface area contributed by atoms with E-state index >= 15 is 0 Å². The van der Waals surface area contributed by atoms with Gasteiger partial charge >= 0.3 is 0 Å². The van der Waals surface area contributed by atoms with Gasteiger partial charge in [0.1, 0.15) is 5.60 Å². The number of nitrogens with zero attached hydrogens (tertiary/aromatic N) is 2. The highest BCUT2D eigenvalue weighted by Crippen LogP contribution is 2.46. The lowest BCUT2D eigenvalue weighted by molar-refractivity contribution is -0.148. The number of fused-ring (bicyclic) bond motifs is 1. The molecule has 0 aromatic rings. The van der Waals surface area contributed by atoms with Crippen molar-refractivity contribution in [2.75, 3.05) is 26.2 Å². The summed E-state index contributed by atoms with van der Waals surface area (Å²) in [6.45, 7) is 4.64. The first kappa shape index (κ1) is 22.6. The predicted octanol–water partition coefficient (Wildman–Crippen LogP) is 1.69. The highest BCUT2D eigenvalue weighted by molar-refractivity contribution is 5.88. The first-order chi connectivity index (χ1) is 15.3. The van der Waals surface area contributed by atoms with E-state index in [4.69, 9.17) is 5.73 Å². The molecule has 0 radical (unpaired) electrons. The second kappa shape index (κ2) is 8.88. The van der Waals surface area contributed by atoms with Gasteiger partial charge in [-0.25, -0.2) is 0 Å². The average molecular weight is 447 g/mol. The van der Waals surface area contributed by atoms with Gasteiger partial charge in [-0.2, -0.15) is 0 Å². The van der Waals surface area contributed by atoms with Gasteiger partial charge in [0.25, 0.3) is 5.91 Å². The summed E-state index contributed by atoms with van der Waals surface area (Å²) in [6, 6.07) is 0.543. The van der Waals surface area contributed by atoms with Gasteiger partial charge in [0.2, 0.25) is 5.91 Å². The zero-order valence-electron chi connectivity index (χ0n) is 19.7. The Hall–Kier alpha value is -1.18. The molecule has 3 saturated carbocycles. The molecule has 0 aromatic heterocycles. The standard InChI is InChI=1S/C25H42N4O3/c1-16-21-7-6-19(14-20(21)15-22(26)27-16)17-2-4-18(5-3-17)23(30)28-10-12-29(13-11-28)24(31)25(32)8-9-25/h16-22,27,32H,2-15,26H2,1H3. The molecule has 2 amide bonds. The lowest BCUT2D eigenvalue weighted by Crippen LogP contribution is -2.55. The third-order valence-electron chi connectivity index (χ3n) is 9.55. The van der Waals surface area contributed by atoms with Crippen LogP contribution in [0, 0.1) is 29.6 Å². The summed E-state index contributed by atoms with van der Waals surface area (Å²) in [5.41, 5.74) is 5.14. The lowest BCUT2D eigenvalue weighted by Gasteiger charge is -2.48. The van der Waals surface area contributed by atoms with E-state index in [-0.39, 0.29) is 18.0 Å². The minimum Gasteiger partial charge on any atom is -0.380 e. The Balaban J connectivity index is 1.07. The van der Waals surface area contributed by atoms with Crippen molar-refractivity contribution in [2.45, 2.75) is 88.9 Å². The van der Waals surface area contributed by atoms with Crippen LogP contribution in [-0.2, 0) is 9.59 Å². The van der Waals surface area contributed by atoms with Gasteiger partial charge in [0, 0.05) is 38.1 Å². The maximum atomic E-state index is 13.1. The fourth-order valence-electron chi connectivity index (χ4n) is 7.39. The summed E-state index contributed by atoms with van der Waals surface area (Å²) in [4.78, 5) is 29.2. The van der Waals surface area contributed by atoms with E-state index in [2.05, 4.69) is 12.2 Å². The fourth-order valence-corrected chi connectivity index (χ4v) is 7.39. The van der Waals surface area contributed by atoms with Gasteiger partial charge < -0.3 is 20.6 Å². The normalized spacial score (nSPS) is 41.7. The molecular weight excluding hydrogens is 404 g/mol. The molecule has 0 aromatic carbocycles. The molecule has 5 rings (SSSR count). The quantitative estimate of drug-likeness (QED) is 0.613. The van der Waals surface area contributed by atoms with Crippen LogP contribution < -0.4 is 11.1 Å². The van der Waals surface area contributed by atoms with Crippen LogP contribution in [0.25, 0.3) is 0 Å². The van der Waals surface area contributed by atoms with Gasteiger partial charge in [-0.3, -0.25) is 14.9 Å².